The van der Waals surface area contributed by atoms with Crippen LogP contribution >= 0.6 is 0 Å². The van der Waals surface area contributed by atoms with E-state index in [4.69, 9.17) is 5.73 Å². The SMILES string of the molecule is CCCN1CCNCC1.NC(=O)N1C=CC=CC1. The minimum atomic E-state index is -0.407. The van der Waals surface area contributed by atoms with Gasteiger partial charge in [-0.3, -0.25) is 4.90 Å². The number of allylic oxidation sites excluding steroid dienone is 2. The molecular formula is C13H24N4O. The van der Waals surface area contributed by atoms with E-state index in [1.54, 1.807) is 12.3 Å². The molecule has 0 unspecified atom stereocenters. The molecule has 0 bridgehead atoms. The molecule has 5 heteroatoms. The van der Waals surface area contributed by atoms with E-state index < -0.39 is 6.03 Å². The number of nitrogens with two attached hydrogens (primary N) is 1. The molecule has 0 aliphatic carbocycles. The maximum Gasteiger partial charge on any atom is 0.319 e. The number of hydrogen-bond acceptors (Lipinski definition) is 3. The minimum Gasteiger partial charge on any atom is -0.351 e. The third-order valence-corrected chi connectivity index (χ3v) is 2.85. The van der Waals surface area contributed by atoms with E-state index in [-0.39, 0.29) is 0 Å². The Morgan fingerprint density at radius 2 is 2.06 bits per heavy atom. The highest BCUT2D eigenvalue weighted by atomic mass is 16.2. The summed E-state index contributed by atoms with van der Waals surface area (Å²) in [6.07, 6.45) is 8.46. The Balaban J connectivity index is 0.000000180. The Morgan fingerprint density at radius 3 is 2.50 bits per heavy atom. The molecule has 0 atom stereocenters. The Bertz CT molecular complexity index is 293. The summed E-state index contributed by atoms with van der Waals surface area (Å²) in [6.45, 7) is 8.96. The van der Waals surface area contributed by atoms with Gasteiger partial charge in [0.1, 0.15) is 0 Å². The third-order valence-electron chi connectivity index (χ3n) is 2.85. The fourth-order valence-corrected chi connectivity index (χ4v) is 1.88. The van der Waals surface area contributed by atoms with Gasteiger partial charge in [-0.2, -0.15) is 0 Å². The van der Waals surface area contributed by atoms with E-state index in [0.717, 1.165) is 0 Å². The Hall–Kier alpha value is -1.33. The van der Waals surface area contributed by atoms with Crippen molar-refractivity contribution in [3.05, 3.63) is 24.4 Å². The van der Waals surface area contributed by atoms with Crippen molar-refractivity contribution < 1.29 is 4.79 Å². The van der Waals surface area contributed by atoms with Crippen molar-refractivity contribution in [3.8, 4) is 0 Å². The molecule has 102 valence electrons. The quantitative estimate of drug-likeness (QED) is 0.762. The maximum absolute atomic E-state index is 10.4. The minimum absolute atomic E-state index is 0.407. The fourth-order valence-electron chi connectivity index (χ4n) is 1.88. The molecular weight excluding hydrogens is 228 g/mol. The topological polar surface area (TPSA) is 61.6 Å². The second-order valence-corrected chi connectivity index (χ2v) is 4.35. The molecule has 2 aliphatic heterocycles. The molecule has 2 aliphatic rings. The largest absolute Gasteiger partial charge is 0.351 e. The number of nitrogens with zero attached hydrogens (tertiary/aromatic N) is 2. The fraction of sp³-hybridized carbons (Fsp3) is 0.615. The molecule has 0 radical (unpaired) electrons. The predicted octanol–water partition coefficient (Wildman–Crippen LogP) is 0.752. The summed E-state index contributed by atoms with van der Waals surface area (Å²) in [5, 5.41) is 3.33. The summed E-state index contributed by atoms with van der Waals surface area (Å²) in [7, 11) is 0. The van der Waals surface area contributed by atoms with Gasteiger partial charge >= 0.3 is 6.03 Å². The summed E-state index contributed by atoms with van der Waals surface area (Å²) in [5.74, 6) is 0. The Kier molecular flexibility index (Phi) is 7.13. The van der Waals surface area contributed by atoms with Crippen molar-refractivity contribution in [2.75, 3.05) is 39.3 Å². The molecule has 18 heavy (non-hydrogen) atoms. The van der Waals surface area contributed by atoms with Gasteiger partial charge in [-0.15, -0.1) is 0 Å². The van der Waals surface area contributed by atoms with Crippen molar-refractivity contribution in [2.24, 2.45) is 5.73 Å². The van der Waals surface area contributed by atoms with Gasteiger partial charge in [-0.05, 0) is 19.0 Å². The van der Waals surface area contributed by atoms with Gasteiger partial charge in [0.15, 0.2) is 0 Å². The molecule has 3 N–H and O–H groups in total. The zero-order valence-electron chi connectivity index (χ0n) is 11.1. The van der Waals surface area contributed by atoms with Gasteiger partial charge in [0.2, 0.25) is 0 Å². The Morgan fingerprint density at radius 1 is 1.33 bits per heavy atom. The van der Waals surface area contributed by atoms with Crippen molar-refractivity contribution >= 4 is 6.03 Å². The first kappa shape index (κ1) is 14.7. The smallest absolute Gasteiger partial charge is 0.319 e. The zero-order valence-corrected chi connectivity index (χ0v) is 11.1. The number of piperazine rings is 1. The van der Waals surface area contributed by atoms with Crippen molar-refractivity contribution in [1.29, 1.82) is 0 Å². The van der Waals surface area contributed by atoms with Crippen LogP contribution in [-0.4, -0.2) is 55.1 Å². The number of primary amides is 1. The zero-order chi connectivity index (χ0) is 13.2. The van der Waals surface area contributed by atoms with Crippen LogP contribution in [0.25, 0.3) is 0 Å². The predicted molar refractivity (Wildman–Crippen MR) is 74.2 cm³/mol. The lowest BCUT2D eigenvalue weighted by Gasteiger charge is -2.26. The average molecular weight is 252 g/mol. The molecule has 0 aromatic rings. The summed E-state index contributed by atoms with van der Waals surface area (Å²) in [5.41, 5.74) is 4.97. The van der Waals surface area contributed by atoms with Crippen LogP contribution in [-0.2, 0) is 0 Å². The van der Waals surface area contributed by atoms with E-state index in [1.165, 1.54) is 44.0 Å². The molecule has 0 spiro atoms. The van der Waals surface area contributed by atoms with E-state index in [0.29, 0.717) is 6.54 Å². The van der Waals surface area contributed by atoms with Crippen LogP contribution in [0, 0.1) is 0 Å². The molecule has 0 aromatic heterocycles. The number of nitrogens with one attached hydrogen (secondary N) is 1. The molecule has 0 saturated carbocycles. The lowest BCUT2D eigenvalue weighted by molar-refractivity contribution is 0.228. The lowest BCUT2D eigenvalue weighted by atomic mass is 10.3. The highest BCUT2D eigenvalue weighted by Gasteiger charge is 2.06. The summed E-state index contributed by atoms with van der Waals surface area (Å²) < 4.78 is 0. The van der Waals surface area contributed by atoms with Gasteiger partial charge in [-0.25, -0.2) is 4.79 Å². The summed E-state index contributed by atoms with van der Waals surface area (Å²) >= 11 is 0. The monoisotopic (exact) mass is 252 g/mol. The van der Waals surface area contributed by atoms with Crippen molar-refractivity contribution in [1.82, 2.24) is 15.1 Å². The highest BCUT2D eigenvalue weighted by Crippen LogP contribution is 1.96. The Labute approximate surface area is 109 Å². The van der Waals surface area contributed by atoms with E-state index in [9.17, 15) is 4.79 Å². The number of carbonyl (C=O) groups excluding carboxylic acids is 1. The summed E-state index contributed by atoms with van der Waals surface area (Å²) in [6, 6.07) is -0.407. The third kappa shape index (κ3) is 5.84. The lowest BCUT2D eigenvalue weighted by Crippen LogP contribution is -2.43. The van der Waals surface area contributed by atoms with Crippen LogP contribution in [0.15, 0.2) is 24.4 Å². The molecule has 5 nitrogen and oxygen atoms in total. The standard InChI is InChI=1S/C7H16N2.C6H8N2O/c1-2-5-9-6-3-8-4-7-9;7-6(9)8-4-2-1-3-5-8/h8H,2-7H2,1H3;1-4H,5H2,(H2,7,9). The highest BCUT2D eigenvalue weighted by molar-refractivity contribution is 5.73. The first-order chi connectivity index (χ1) is 8.74. The van der Waals surface area contributed by atoms with E-state index in [1.807, 2.05) is 12.2 Å². The number of hydrogen-bond donors (Lipinski definition) is 2. The normalized spacial score (nSPS) is 19.3. The number of carbonyl (C=O) groups is 1. The summed E-state index contributed by atoms with van der Waals surface area (Å²) in [4.78, 5) is 14.4. The molecule has 0 aromatic carbocycles. The number of rotatable bonds is 2. The van der Waals surface area contributed by atoms with Crippen molar-refractivity contribution in [2.45, 2.75) is 13.3 Å². The maximum atomic E-state index is 10.4. The van der Waals surface area contributed by atoms with Crippen LogP contribution in [0.4, 0.5) is 4.79 Å². The average Bonchev–Trinajstić information content (AvgIpc) is 2.42. The van der Waals surface area contributed by atoms with Gasteiger partial charge in [-0.1, -0.05) is 19.1 Å². The van der Waals surface area contributed by atoms with Crippen LogP contribution in [0.5, 0.6) is 0 Å². The van der Waals surface area contributed by atoms with Gasteiger partial charge in [0.05, 0.1) is 0 Å². The second-order valence-electron chi connectivity index (χ2n) is 4.35. The molecule has 2 heterocycles. The van der Waals surface area contributed by atoms with Crippen LogP contribution in [0.3, 0.4) is 0 Å². The van der Waals surface area contributed by atoms with Gasteiger partial charge < -0.3 is 16.0 Å². The van der Waals surface area contributed by atoms with E-state index in [2.05, 4.69) is 17.1 Å². The second kappa shape index (κ2) is 8.72. The first-order valence-corrected chi connectivity index (χ1v) is 6.56. The number of amides is 2. The van der Waals surface area contributed by atoms with Crippen LogP contribution < -0.4 is 11.1 Å². The molecule has 2 rings (SSSR count). The molecule has 1 saturated heterocycles. The molecule has 1 fully saturated rings. The first-order valence-electron chi connectivity index (χ1n) is 6.56. The van der Waals surface area contributed by atoms with Crippen molar-refractivity contribution in [3.63, 3.8) is 0 Å². The van der Waals surface area contributed by atoms with Gasteiger partial charge in [0.25, 0.3) is 0 Å². The number of urea groups is 1. The van der Waals surface area contributed by atoms with Crippen LogP contribution in [0.1, 0.15) is 13.3 Å². The van der Waals surface area contributed by atoms with Gasteiger partial charge in [0, 0.05) is 38.9 Å². The van der Waals surface area contributed by atoms with E-state index >= 15 is 0 Å². The molecule has 2 amide bonds. The van der Waals surface area contributed by atoms with Crippen LogP contribution in [0.2, 0.25) is 0 Å².